The van der Waals surface area contributed by atoms with Crippen molar-refractivity contribution in [3.63, 3.8) is 0 Å². The number of benzene rings is 1. The fourth-order valence-corrected chi connectivity index (χ4v) is 4.38. The number of aromatic nitrogens is 5. The maximum absolute atomic E-state index is 13.1. The minimum Gasteiger partial charge on any atom is -0.352 e. The van der Waals surface area contributed by atoms with Crippen LogP contribution in [0.5, 0.6) is 0 Å². The summed E-state index contributed by atoms with van der Waals surface area (Å²) in [6, 6.07) is 15.5. The van der Waals surface area contributed by atoms with Crippen molar-refractivity contribution in [2.45, 2.75) is 19.9 Å². The molecule has 5 aromatic rings. The van der Waals surface area contributed by atoms with Gasteiger partial charge in [0.15, 0.2) is 5.65 Å². The van der Waals surface area contributed by atoms with Gasteiger partial charge in [-0.3, -0.25) is 14.3 Å². The van der Waals surface area contributed by atoms with E-state index < -0.39 is 0 Å². The zero-order valence-corrected chi connectivity index (χ0v) is 18.4. The molecule has 0 saturated carbocycles. The molecular weight excluding hydrogens is 422 g/mol. The number of nitrogens with one attached hydrogen (secondary N) is 3. The van der Waals surface area contributed by atoms with E-state index in [0.717, 1.165) is 27.6 Å². The largest absolute Gasteiger partial charge is 0.352 e. The van der Waals surface area contributed by atoms with Crippen LogP contribution >= 0.6 is 11.3 Å². The second kappa shape index (κ2) is 8.27. The number of rotatable bonds is 6. The molecule has 0 fully saturated rings. The Morgan fingerprint density at radius 3 is 2.72 bits per heavy atom. The highest BCUT2D eigenvalue weighted by atomic mass is 32.1. The number of hydrogen-bond donors (Lipinski definition) is 3. The molecule has 4 heterocycles. The van der Waals surface area contributed by atoms with E-state index in [2.05, 4.69) is 49.9 Å². The fraction of sp³-hybridized carbons (Fsp3) is 0.130. The van der Waals surface area contributed by atoms with Crippen LogP contribution in [0.15, 0.2) is 67.3 Å². The van der Waals surface area contributed by atoms with Crippen LogP contribution < -0.4 is 10.6 Å². The molecule has 0 aliphatic carbocycles. The van der Waals surface area contributed by atoms with Crippen LogP contribution in [0, 0.1) is 6.92 Å². The smallest absolute Gasteiger partial charge is 0.253 e. The first-order chi connectivity index (χ1) is 15.6. The highest BCUT2D eigenvalue weighted by Crippen LogP contribution is 2.31. The van der Waals surface area contributed by atoms with Gasteiger partial charge in [0.1, 0.15) is 12.2 Å². The number of pyridine rings is 1. The van der Waals surface area contributed by atoms with E-state index in [0.29, 0.717) is 11.4 Å². The van der Waals surface area contributed by atoms with Gasteiger partial charge in [0.05, 0.1) is 34.1 Å². The summed E-state index contributed by atoms with van der Waals surface area (Å²) < 4.78 is 1.96. The van der Waals surface area contributed by atoms with E-state index in [1.165, 1.54) is 11.2 Å². The van der Waals surface area contributed by atoms with Crippen LogP contribution in [0.4, 0.5) is 11.4 Å². The van der Waals surface area contributed by atoms with Crippen molar-refractivity contribution in [2.75, 3.05) is 5.32 Å². The molecule has 160 valence electrons. The van der Waals surface area contributed by atoms with Gasteiger partial charge >= 0.3 is 0 Å². The Balaban J connectivity index is 1.58. The van der Waals surface area contributed by atoms with Crippen molar-refractivity contribution in [3.05, 3.63) is 83.5 Å². The highest BCUT2D eigenvalue weighted by molar-refractivity contribution is 7.15. The van der Waals surface area contributed by atoms with Gasteiger partial charge in [0.2, 0.25) is 0 Å². The van der Waals surface area contributed by atoms with Crippen molar-refractivity contribution in [1.82, 2.24) is 29.9 Å². The maximum atomic E-state index is 13.1. The molecule has 3 N–H and O–H groups in total. The first-order valence-corrected chi connectivity index (χ1v) is 11.0. The topological polar surface area (TPSA) is 100 Å². The SMILES string of the molecule is Cc1ccc(-c2cnc3c(Nc4ccccc4)cc(C(=O)N[C@@H](C)c4ncn[nH]4)cn23)s1. The van der Waals surface area contributed by atoms with Gasteiger partial charge in [-0.15, -0.1) is 11.3 Å². The summed E-state index contributed by atoms with van der Waals surface area (Å²) in [4.78, 5) is 24.2. The molecule has 32 heavy (non-hydrogen) atoms. The van der Waals surface area contributed by atoms with Gasteiger partial charge in [0.25, 0.3) is 5.91 Å². The number of anilines is 2. The molecule has 1 atom stereocenters. The van der Waals surface area contributed by atoms with Crippen molar-refractivity contribution in [2.24, 2.45) is 0 Å². The first-order valence-electron chi connectivity index (χ1n) is 10.1. The molecule has 4 aromatic heterocycles. The molecule has 1 aromatic carbocycles. The van der Waals surface area contributed by atoms with Crippen LogP contribution in [-0.2, 0) is 0 Å². The van der Waals surface area contributed by atoms with E-state index >= 15 is 0 Å². The van der Waals surface area contributed by atoms with E-state index in [4.69, 9.17) is 0 Å². The average Bonchev–Trinajstić information content (AvgIpc) is 3.55. The minimum absolute atomic E-state index is 0.214. The molecule has 9 heteroatoms. The number of hydrogen-bond acceptors (Lipinski definition) is 6. The summed E-state index contributed by atoms with van der Waals surface area (Å²) in [5.74, 6) is 0.383. The highest BCUT2D eigenvalue weighted by Gasteiger charge is 2.18. The fourth-order valence-electron chi connectivity index (χ4n) is 3.51. The predicted octanol–water partition coefficient (Wildman–Crippen LogP) is 4.72. The normalized spacial score (nSPS) is 12.1. The zero-order chi connectivity index (χ0) is 22.1. The van der Waals surface area contributed by atoms with Gasteiger partial charge in [-0.25, -0.2) is 9.97 Å². The van der Waals surface area contributed by atoms with Crippen LogP contribution in [0.1, 0.15) is 34.0 Å². The number of imidazole rings is 1. The molecule has 5 rings (SSSR count). The Labute approximate surface area is 188 Å². The molecule has 0 aliphatic rings. The van der Waals surface area contributed by atoms with E-state index in [1.54, 1.807) is 11.3 Å². The Morgan fingerprint density at radius 1 is 1.16 bits per heavy atom. The summed E-state index contributed by atoms with van der Waals surface area (Å²) in [6.45, 7) is 3.93. The number of carbonyl (C=O) groups excluding carboxylic acids is 1. The number of fused-ring (bicyclic) bond motifs is 1. The van der Waals surface area contributed by atoms with Crippen LogP contribution in [-0.4, -0.2) is 30.5 Å². The Hall–Kier alpha value is -3.98. The van der Waals surface area contributed by atoms with Gasteiger partial charge < -0.3 is 10.6 Å². The second-order valence-corrected chi connectivity index (χ2v) is 8.73. The molecule has 8 nitrogen and oxygen atoms in total. The number of nitrogens with zero attached hydrogens (tertiary/aromatic N) is 4. The van der Waals surface area contributed by atoms with Gasteiger partial charge in [-0.05, 0) is 44.2 Å². The van der Waals surface area contributed by atoms with Gasteiger partial charge in [-0.1, -0.05) is 18.2 Å². The van der Waals surface area contributed by atoms with Crippen molar-refractivity contribution < 1.29 is 4.79 Å². The maximum Gasteiger partial charge on any atom is 0.253 e. The quantitative estimate of drug-likeness (QED) is 0.352. The molecular formula is C23H21N7OS. The first kappa shape index (κ1) is 20.0. The molecule has 0 radical (unpaired) electrons. The van der Waals surface area contributed by atoms with E-state index in [1.807, 2.05) is 60.1 Å². The monoisotopic (exact) mass is 443 g/mol. The number of carbonyl (C=O) groups is 1. The zero-order valence-electron chi connectivity index (χ0n) is 17.5. The van der Waals surface area contributed by atoms with Crippen molar-refractivity contribution >= 4 is 34.3 Å². The van der Waals surface area contributed by atoms with Gasteiger partial charge in [-0.2, -0.15) is 5.10 Å². The van der Waals surface area contributed by atoms with Crippen LogP contribution in [0.2, 0.25) is 0 Å². The van der Waals surface area contributed by atoms with Crippen LogP contribution in [0.25, 0.3) is 16.2 Å². The Morgan fingerprint density at radius 2 is 2.00 bits per heavy atom. The molecule has 0 unspecified atom stereocenters. The summed E-state index contributed by atoms with van der Waals surface area (Å²) in [7, 11) is 0. The molecule has 0 spiro atoms. The number of aromatic amines is 1. The lowest BCUT2D eigenvalue weighted by Gasteiger charge is -2.14. The Kier molecular flexibility index (Phi) is 5.16. The lowest BCUT2D eigenvalue weighted by Crippen LogP contribution is -2.27. The third kappa shape index (κ3) is 3.85. The summed E-state index contributed by atoms with van der Waals surface area (Å²) >= 11 is 1.69. The standard InChI is InChI=1S/C23H21N7OS/c1-14-8-9-20(32-14)19-11-24-22-18(28-17-6-4-3-5-7-17)10-16(12-30(19)22)23(31)27-15(2)21-25-13-26-29-21/h3-13,15,28H,1-2H3,(H,27,31)(H,25,26,29)/t15-/m0/s1. The molecule has 0 bridgehead atoms. The molecule has 0 saturated heterocycles. The number of H-pyrrole nitrogens is 1. The van der Waals surface area contributed by atoms with E-state index in [-0.39, 0.29) is 11.9 Å². The van der Waals surface area contributed by atoms with Gasteiger partial charge in [0, 0.05) is 16.8 Å². The summed E-state index contributed by atoms with van der Waals surface area (Å²) in [5, 5.41) is 13.0. The number of aryl methyl sites for hydroxylation is 1. The number of thiophene rings is 1. The van der Waals surface area contributed by atoms with E-state index in [9.17, 15) is 4.79 Å². The third-order valence-corrected chi connectivity index (χ3v) is 6.13. The summed E-state index contributed by atoms with van der Waals surface area (Å²) in [5.41, 5.74) is 3.85. The lowest BCUT2D eigenvalue weighted by molar-refractivity contribution is 0.0938. The molecule has 0 aliphatic heterocycles. The van der Waals surface area contributed by atoms with Crippen molar-refractivity contribution in [1.29, 1.82) is 0 Å². The molecule has 1 amide bonds. The third-order valence-electron chi connectivity index (χ3n) is 5.10. The predicted molar refractivity (Wildman–Crippen MR) is 125 cm³/mol. The lowest BCUT2D eigenvalue weighted by atomic mass is 10.2. The average molecular weight is 444 g/mol. The van der Waals surface area contributed by atoms with Crippen molar-refractivity contribution in [3.8, 4) is 10.6 Å². The number of amides is 1. The van der Waals surface area contributed by atoms with Crippen LogP contribution in [0.3, 0.4) is 0 Å². The second-order valence-electron chi connectivity index (χ2n) is 7.45. The number of para-hydroxylation sites is 1. The minimum atomic E-state index is -0.312. The Bertz CT molecular complexity index is 1370. The summed E-state index contributed by atoms with van der Waals surface area (Å²) in [6.07, 6.45) is 5.09.